The fraction of sp³-hybridized carbons (Fsp3) is 0.435. The van der Waals surface area contributed by atoms with E-state index in [1.165, 1.54) is 6.08 Å². The predicted octanol–water partition coefficient (Wildman–Crippen LogP) is 4.16. The van der Waals surface area contributed by atoms with Crippen molar-refractivity contribution in [2.45, 2.75) is 52.6 Å². The predicted molar refractivity (Wildman–Crippen MR) is 117 cm³/mol. The summed E-state index contributed by atoms with van der Waals surface area (Å²) in [6, 6.07) is 7.19. The minimum absolute atomic E-state index is 0.176. The number of hydrogen-bond acceptors (Lipinski definition) is 4. The molecular weight excluding hydrogens is 402 g/mol. The average Bonchev–Trinajstić information content (AvgIpc) is 3.00. The fourth-order valence-corrected chi connectivity index (χ4v) is 4.02. The normalized spacial score (nSPS) is 16.8. The van der Waals surface area contributed by atoms with Gasteiger partial charge in [0.1, 0.15) is 6.04 Å². The second kappa shape index (κ2) is 9.94. The number of halogens is 1. The Morgan fingerprint density at radius 1 is 1.27 bits per heavy atom. The fourth-order valence-electron chi connectivity index (χ4n) is 3.82. The molecule has 1 saturated heterocycles. The smallest absolute Gasteiger partial charge is 0.328 e. The summed E-state index contributed by atoms with van der Waals surface area (Å²) >= 11 is 6.28. The summed E-state index contributed by atoms with van der Waals surface area (Å²) in [7, 11) is 0. The highest BCUT2D eigenvalue weighted by Crippen LogP contribution is 2.22. The molecule has 2 aromatic rings. The van der Waals surface area contributed by atoms with Gasteiger partial charge in [0.25, 0.3) is 0 Å². The molecule has 2 heterocycles. The summed E-state index contributed by atoms with van der Waals surface area (Å²) in [6.07, 6.45) is 5.79. The number of nitrogens with zero attached hydrogens (tertiary/aromatic N) is 3. The molecule has 3 rings (SSSR count). The first kappa shape index (κ1) is 22.1. The van der Waals surface area contributed by atoms with Crippen molar-refractivity contribution in [1.82, 2.24) is 14.7 Å². The molecule has 0 N–H and O–H groups in total. The van der Waals surface area contributed by atoms with Gasteiger partial charge in [-0.1, -0.05) is 29.8 Å². The lowest BCUT2D eigenvalue weighted by atomic mass is 10.0. The van der Waals surface area contributed by atoms with E-state index in [2.05, 4.69) is 5.10 Å². The van der Waals surface area contributed by atoms with Crippen LogP contribution in [0.15, 0.2) is 30.3 Å². The quantitative estimate of drug-likeness (QED) is 0.511. The molecule has 0 aliphatic carbocycles. The molecule has 1 aromatic carbocycles. The Bertz CT molecular complexity index is 951. The number of aryl methyl sites for hydroxylation is 1. The summed E-state index contributed by atoms with van der Waals surface area (Å²) in [4.78, 5) is 26.7. The van der Waals surface area contributed by atoms with Crippen LogP contribution in [-0.4, -0.2) is 45.8 Å². The summed E-state index contributed by atoms with van der Waals surface area (Å²) in [5.41, 5.74) is 3.68. The van der Waals surface area contributed by atoms with Crippen LogP contribution < -0.4 is 0 Å². The lowest BCUT2D eigenvalue weighted by Gasteiger charge is -2.33. The van der Waals surface area contributed by atoms with Gasteiger partial charge in [-0.15, -0.1) is 0 Å². The highest BCUT2D eigenvalue weighted by molar-refractivity contribution is 6.31. The minimum atomic E-state index is -0.499. The lowest BCUT2D eigenvalue weighted by molar-refractivity contribution is -0.155. The van der Waals surface area contributed by atoms with E-state index in [0.717, 1.165) is 35.4 Å². The number of aromatic nitrogens is 2. The number of hydrogen-bond donors (Lipinski definition) is 0. The van der Waals surface area contributed by atoms with Gasteiger partial charge in [0.2, 0.25) is 5.91 Å². The molecule has 0 unspecified atom stereocenters. The van der Waals surface area contributed by atoms with Gasteiger partial charge in [-0.2, -0.15) is 5.10 Å². The molecule has 7 heteroatoms. The number of benzene rings is 1. The topological polar surface area (TPSA) is 64.4 Å². The second-order valence-electron chi connectivity index (χ2n) is 7.46. The minimum Gasteiger partial charge on any atom is -0.464 e. The summed E-state index contributed by atoms with van der Waals surface area (Å²) in [5.74, 6) is -0.496. The van der Waals surface area contributed by atoms with Crippen LogP contribution in [0.5, 0.6) is 0 Å². The van der Waals surface area contributed by atoms with Crippen molar-refractivity contribution in [3.8, 4) is 0 Å². The van der Waals surface area contributed by atoms with E-state index in [-0.39, 0.29) is 11.9 Å². The third-order valence-corrected chi connectivity index (χ3v) is 5.82. The molecule has 1 fully saturated rings. The first-order valence-electron chi connectivity index (χ1n) is 10.3. The third-order valence-electron chi connectivity index (χ3n) is 5.45. The average molecular weight is 430 g/mol. The van der Waals surface area contributed by atoms with E-state index in [0.29, 0.717) is 31.1 Å². The maximum absolute atomic E-state index is 12.8. The number of esters is 1. The lowest BCUT2D eigenvalue weighted by Crippen LogP contribution is -2.48. The highest BCUT2D eigenvalue weighted by atomic mass is 35.5. The van der Waals surface area contributed by atoms with Crippen LogP contribution in [0.2, 0.25) is 5.02 Å². The van der Waals surface area contributed by atoms with E-state index < -0.39 is 6.04 Å². The van der Waals surface area contributed by atoms with Crippen LogP contribution >= 0.6 is 11.6 Å². The molecule has 0 saturated carbocycles. The Morgan fingerprint density at radius 2 is 2.03 bits per heavy atom. The monoisotopic (exact) mass is 429 g/mol. The SMILES string of the molecule is CCOC(=O)[C@@H]1CCCCN1C(=O)/C=C/c1c(C)nn(Cc2ccccc2Cl)c1C. The van der Waals surface area contributed by atoms with Crippen molar-refractivity contribution in [3.63, 3.8) is 0 Å². The van der Waals surface area contributed by atoms with E-state index in [9.17, 15) is 9.59 Å². The van der Waals surface area contributed by atoms with Crippen molar-refractivity contribution in [1.29, 1.82) is 0 Å². The Morgan fingerprint density at radius 3 is 2.77 bits per heavy atom. The van der Waals surface area contributed by atoms with Crippen LogP contribution in [0.25, 0.3) is 6.08 Å². The zero-order valence-electron chi connectivity index (χ0n) is 17.7. The number of carbonyl (C=O) groups is 2. The maximum Gasteiger partial charge on any atom is 0.328 e. The van der Waals surface area contributed by atoms with Crippen molar-refractivity contribution >= 4 is 29.6 Å². The van der Waals surface area contributed by atoms with Crippen LogP contribution in [-0.2, 0) is 20.9 Å². The highest BCUT2D eigenvalue weighted by Gasteiger charge is 2.32. The molecular formula is C23H28ClN3O3. The van der Waals surface area contributed by atoms with Crippen LogP contribution in [0.4, 0.5) is 0 Å². The van der Waals surface area contributed by atoms with Crippen molar-refractivity contribution in [2.75, 3.05) is 13.2 Å². The van der Waals surface area contributed by atoms with E-state index in [1.54, 1.807) is 17.9 Å². The number of amides is 1. The molecule has 160 valence electrons. The molecule has 1 atom stereocenters. The number of carbonyl (C=O) groups excluding carboxylic acids is 2. The molecule has 30 heavy (non-hydrogen) atoms. The first-order chi connectivity index (χ1) is 14.4. The van der Waals surface area contributed by atoms with E-state index >= 15 is 0 Å². The summed E-state index contributed by atoms with van der Waals surface area (Å²) in [5, 5.41) is 5.31. The van der Waals surface area contributed by atoms with Gasteiger partial charge in [-0.3, -0.25) is 9.48 Å². The number of piperidine rings is 1. The molecule has 1 aliphatic heterocycles. The number of likely N-dealkylation sites (tertiary alicyclic amines) is 1. The van der Waals surface area contributed by atoms with Crippen LogP contribution in [0.1, 0.15) is 48.7 Å². The molecule has 1 aromatic heterocycles. The van der Waals surface area contributed by atoms with Crippen molar-refractivity contribution in [3.05, 3.63) is 57.9 Å². The largest absolute Gasteiger partial charge is 0.464 e. The molecule has 0 radical (unpaired) electrons. The van der Waals surface area contributed by atoms with Gasteiger partial charge in [0.05, 0.1) is 18.8 Å². The van der Waals surface area contributed by atoms with Gasteiger partial charge in [-0.05, 0) is 57.7 Å². The Labute approximate surface area is 182 Å². The van der Waals surface area contributed by atoms with Gasteiger partial charge >= 0.3 is 5.97 Å². The van der Waals surface area contributed by atoms with Crippen LogP contribution in [0, 0.1) is 13.8 Å². The Balaban J connectivity index is 1.77. The Hall–Kier alpha value is -2.60. The summed E-state index contributed by atoms with van der Waals surface area (Å²) in [6.45, 7) is 7.11. The zero-order chi connectivity index (χ0) is 21.7. The van der Waals surface area contributed by atoms with Crippen molar-refractivity contribution < 1.29 is 14.3 Å². The summed E-state index contributed by atoms with van der Waals surface area (Å²) < 4.78 is 7.04. The van der Waals surface area contributed by atoms with E-state index in [1.807, 2.05) is 42.8 Å². The zero-order valence-corrected chi connectivity index (χ0v) is 18.5. The molecule has 1 amide bonds. The number of rotatable bonds is 6. The first-order valence-corrected chi connectivity index (χ1v) is 10.7. The number of ether oxygens (including phenoxy) is 1. The molecule has 0 bridgehead atoms. The van der Waals surface area contributed by atoms with Gasteiger partial charge < -0.3 is 9.64 Å². The standard InChI is InChI=1S/C23H28ClN3O3/c1-4-30-23(29)21-11-7-8-14-26(21)22(28)13-12-19-16(2)25-27(17(19)3)15-18-9-5-6-10-20(18)24/h5-6,9-10,12-13,21H,4,7-8,11,14-15H2,1-3H3/b13-12+/t21-/m0/s1. The maximum atomic E-state index is 12.8. The third kappa shape index (κ3) is 4.93. The molecule has 1 aliphatic rings. The molecule has 6 nitrogen and oxygen atoms in total. The van der Waals surface area contributed by atoms with Crippen LogP contribution in [0.3, 0.4) is 0 Å². The van der Waals surface area contributed by atoms with Gasteiger partial charge in [-0.25, -0.2) is 4.79 Å². The van der Waals surface area contributed by atoms with Crippen molar-refractivity contribution in [2.24, 2.45) is 0 Å². The van der Waals surface area contributed by atoms with Gasteiger partial charge in [0.15, 0.2) is 0 Å². The van der Waals surface area contributed by atoms with Gasteiger partial charge in [0, 0.05) is 28.9 Å². The molecule has 0 spiro atoms. The van der Waals surface area contributed by atoms with E-state index in [4.69, 9.17) is 16.3 Å². The Kier molecular flexibility index (Phi) is 7.32. The second-order valence-corrected chi connectivity index (χ2v) is 7.87.